The highest BCUT2D eigenvalue weighted by Crippen LogP contribution is 2.16. The number of hydrogen-bond acceptors (Lipinski definition) is 6. The Morgan fingerprint density at radius 1 is 0.304 bits per heavy atom. The minimum absolute atomic E-state index is 0.0838. The molecule has 1 atom stereocenters. The summed E-state index contributed by atoms with van der Waals surface area (Å²) < 4.78 is 16.9. The molecular formula is C63H112O6. The molecule has 0 fully saturated rings. The number of hydrogen-bond donors (Lipinski definition) is 0. The van der Waals surface area contributed by atoms with Crippen LogP contribution in [0.5, 0.6) is 0 Å². The van der Waals surface area contributed by atoms with Crippen LogP contribution in [-0.4, -0.2) is 37.2 Å². The number of esters is 3. The minimum Gasteiger partial charge on any atom is -0.462 e. The van der Waals surface area contributed by atoms with Crippen molar-refractivity contribution in [3.63, 3.8) is 0 Å². The van der Waals surface area contributed by atoms with Crippen molar-refractivity contribution in [3.8, 4) is 0 Å². The molecule has 0 N–H and O–H groups in total. The molecule has 1 unspecified atom stereocenters. The normalized spacial score (nSPS) is 12.4. The average Bonchev–Trinajstić information content (AvgIpc) is 3.35. The zero-order chi connectivity index (χ0) is 50.0. The lowest BCUT2D eigenvalue weighted by Crippen LogP contribution is -2.30. The molecule has 6 heteroatoms. The summed E-state index contributed by atoms with van der Waals surface area (Å²) in [5.74, 6) is -0.901. The lowest BCUT2D eigenvalue weighted by atomic mass is 10.1. The van der Waals surface area contributed by atoms with Gasteiger partial charge in [-0.1, -0.05) is 255 Å². The number of allylic oxidation sites excluding steroid dienone is 10. The number of ether oxygens (including phenoxy) is 3. The highest BCUT2D eigenvalue weighted by atomic mass is 16.6. The first-order valence-corrected chi connectivity index (χ1v) is 29.8. The molecule has 0 bridgehead atoms. The van der Waals surface area contributed by atoms with Crippen molar-refractivity contribution in [2.45, 2.75) is 309 Å². The lowest BCUT2D eigenvalue weighted by molar-refractivity contribution is -0.167. The van der Waals surface area contributed by atoms with Crippen molar-refractivity contribution in [2.24, 2.45) is 0 Å². The molecule has 0 saturated carbocycles. The Kier molecular flexibility index (Phi) is 55.3. The highest BCUT2D eigenvalue weighted by Gasteiger charge is 2.19. The maximum absolute atomic E-state index is 12.9. The van der Waals surface area contributed by atoms with Crippen LogP contribution >= 0.6 is 0 Å². The Balaban J connectivity index is 4.36. The van der Waals surface area contributed by atoms with E-state index in [0.29, 0.717) is 19.3 Å². The molecule has 0 saturated heterocycles. The largest absolute Gasteiger partial charge is 0.462 e. The topological polar surface area (TPSA) is 78.9 Å². The smallest absolute Gasteiger partial charge is 0.306 e. The molecule has 0 aliphatic rings. The summed E-state index contributed by atoms with van der Waals surface area (Å²) in [6, 6.07) is 0. The molecule has 0 aliphatic carbocycles. The third-order valence-electron chi connectivity index (χ3n) is 13.0. The minimum atomic E-state index is -0.787. The predicted octanol–water partition coefficient (Wildman–Crippen LogP) is 20.0. The van der Waals surface area contributed by atoms with Gasteiger partial charge in [0.2, 0.25) is 0 Å². The van der Waals surface area contributed by atoms with Gasteiger partial charge in [0.15, 0.2) is 6.10 Å². The van der Waals surface area contributed by atoms with Crippen LogP contribution in [-0.2, 0) is 28.6 Å². The van der Waals surface area contributed by atoms with E-state index in [1.807, 2.05) is 0 Å². The third-order valence-corrected chi connectivity index (χ3v) is 13.0. The van der Waals surface area contributed by atoms with Gasteiger partial charge in [0.25, 0.3) is 0 Å². The van der Waals surface area contributed by atoms with E-state index in [1.165, 1.54) is 180 Å². The van der Waals surface area contributed by atoms with Gasteiger partial charge in [0, 0.05) is 19.3 Å². The fourth-order valence-corrected chi connectivity index (χ4v) is 8.55. The van der Waals surface area contributed by atoms with Gasteiger partial charge < -0.3 is 14.2 Å². The summed E-state index contributed by atoms with van der Waals surface area (Å²) in [6.45, 7) is 6.51. The van der Waals surface area contributed by atoms with Gasteiger partial charge >= 0.3 is 17.9 Å². The molecule has 0 aromatic heterocycles. The first kappa shape index (κ1) is 66.1. The second kappa shape index (κ2) is 57.7. The molecule has 0 rings (SSSR count). The maximum Gasteiger partial charge on any atom is 0.306 e. The third kappa shape index (κ3) is 55.9. The van der Waals surface area contributed by atoms with Crippen LogP contribution in [0.15, 0.2) is 60.8 Å². The quantitative estimate of drug-likeness (QED) is 0.0199. The molecule has 0 heterocycles. The van der Waals surface area contributed by atoms with Gasteiger partial charge in [0.1, 0.15) is 13.2 Å². The van der Waals surface area contributed by atoms with Crippen molar-refractivity contribution in [2.75, 3.05) is 13.2 Å². The molecule has 400 valence electrons. The van der Waals surface area contributed by atoms with Crippen molar-refractivity contribution >= 4 is 17.9 Å². The molecule has 0 aliphatic heterocycles. The molecular weight excluding hydrogens is 853 g/mol. The van der Waals surface area contributed by atoms with E-state index in [1.54, 1.807) is 0 Å². The van der Waals surface area contributed by atoms with E-state index in [0.717, 1.165) is 83.5 Å². The number of rotatable bonds is 54. The predicted molar refractivity (Wildman–Crippen MR) is 298 cm³/mol. The van der Waals surface area contributed by atoms with Gasteiger partial charge in [-0.25, -0.2) is 0 Å². The van der Waals surface area contributed by atoms with Crippen LogP contribution < -0.4 is 0 Å². The summed E-state index contributed by atoms with van der Waals surface area (Å²) in [5, 5.41) is 0. The fraction of sp³-hybridized carbons (Fsp3) is 0.794. The molecule has 0 spiro atoms. The summed E-state index contributed by atoms with van der Waals surface area (Å²) in [4.78, 5) is 38.2. The zero-order valence-corrected chi connectivity index (χ0v) is 45.8. The summed E-state index contributed by atoms with van der Waals surface area (Å²) >= 11 is 0. The summed E-state index contributed by atoms with van der Waals surface area (Å²) in [6.07, 6.45) is 72.2. The van der Waals surface area contributed by atoms with Gasteiger partial charge in [0.05, 0.1) is 0 Å². The SMILES string of the molecule is CC\C=C/C=C\C=C/CCCCCCCC(=O)OCC(COC(=O)CCCCCCCCC/C=C\CCCCCCCCCC)OC(=O)CCCCCCCCC/C=C\CCCCCCCCCC. The Morgan fingerprint density at radius 2 is 0.580 bits per heavy atom. The molecule has 0 radical (unpaired) electrons. The monoisotopic (exact) mass is 965 g/mol. The number of carbonyl (C=O) groups is 3. The first-order chi connectivity index (χ1) is 34.0. The van der Waals surface area contributed by atoms with E-state index in [4.69, 9.17) is 14.2 Å². The van der Waals surface area contributed by atoms with Crippen LogP contribution in [0.1, 0.15) is 303 Å². The highest BCUT2D eigenvalue weighted by molar-refractivity contribution is 5.71. The van der Waals surface area contributed by atoms with E-state index < -0.39 is 6.10 Å². The Bertz CT molecular complexity index is 1250. The zero-order valence-electron chi connectivity index (χ0n) is 45.8. The van der Waals surface area contributed by atoms with Gasteiger partial charge in [-0.15, -0.1) is 0 Å². The van der Waals surface area contributed by atoms with Gasteiger partial charge in [-0.3, -0.25) is 14.4 Å². The fourth-order valence-electron chi connectivity index (χ4n) is 8.55. The second-order valence-electron chi connectivity index (χ2n) is 19.9. The van der Waals surface area contributed by atoms with Crippen molar-refractivity contribution < 1.29 is 28.6 Å². The standard InChI is InChI=1S/C63H112O6/c1-4-7-10-13-16-19-22-25-27-29-31-33-35-38-41-44-47-50-53-56-62(65)68-59-60(58-67-61(64)55-52-49-46-43-40-37-24-21-18-15-12-9-6-3)69-63(66)57-54-51-48-45-42-39-36-34-32-30-28-26-23-20-17-14-11-8-5-2/h9,12,15,18,21,24,29-32,60H,4-8,10-11,13-14,16-17,19-20,22-23,25-28,33-59H2,1-3H3/b12-9-,18-15-,24-21-,31-29-,32-30-. The van der Waals surface area contributed by atoms with Gasteiger partial charge in [-0.05, 0) is 89.9 Å². The van der Waals surface area contributed by atoms with Crippen LogP contribution in [0, 0.1) is 0 Å². The Hall–Kier alpha value is -2.89. The number of unbranched alkanes of at least 4 members (excludes halogenated alkanes) is 35. The van der Waals surface area contributed by atoms with Crippen LogP contribution in [0.3, 0.4) is 0 Å². The molecule has 0 aromatic carbocycles. The van der Waals surface area contributed by atoms with E-state index >= 15 is 0 Å². The molecule has 69 heavy (non-hydrogen) atoms. The average molecular weight is 966 g/mol. The molecule has 0 amide bonds. The summed E-state index contributed by atoms with van der Waals surface area (Å²) in [5.41, 5.74) is 0. The lowest BCUT2D eigenvalue weighted by Gasteiger charge is -2.18. The van der Waals surface area contributed by atoms with Crippen LogP contribution in [0.25, 0.3) is 0 Å². The van der Waals surface area contributed by atoms with E-state index in [-0.39, 0.29) is 31.1 Å². The molecule has 0 aromatic rings. The second-order valence-corrected chi connectivity index (χ2v) is 19.9. The maximum atomic E-state index is 12.9. The first-order valence-electron chi connectivity index (χ1n) is 29.8. The van der Waals surface area contributed by atoms with Crippen molar-refractivity contribution in [3.05, 3.63) is 60.8 Å². The van der Waals surface area contributed by atoms with Crippen LogP contribution in [0.4, 0.5) is 0 Å². The van der Waals surface area contributed by atoms with Gasteiger partial charge in [-0.2, -0.15) is 0 Å². The Morgan fingerprint density at radius 3 is 0.913 bits per heavy atom. The van der Waals surface area contributed by atoms with Crippen molar-refractivity contribution in [1.29, 1.82) is 0 Å². The Labute approximate surface area is 428 Å². The number of carbonyl (C=O) groups excluding carboxylic acids is 3. The summed E-state index contributed by atoms with van der Waals surface area (Å²) in [7, 11) is 0. The van der Waals surface area contributed by atoms with Crippen LogP contribution in [0.2, 0.25) is 0 Å². The molecule has 6 nitrogen and oxygen atoms in total. The van der Waals surface area contributed by atoms with Crippen molar-refractivity contribution in [1.82, 2.24) is 0 Å². The van der Waals surface area contributed by atoms with E-state index in [9.17, 15) is 14.4 Å². The van der Waals surface area contributed by atoms with E-state index in [2.05, 4.69) is 81.5 Å².